The van der Waals surface area contributed by atoms with Crippen molar-refractivity contribution in [2.24, 2.45) is 0 Å². The van der Waals surface area contributed by atoms with Gasteiger partial charge in [0.15, 0.2) is 11.9 Å². The SMILES string of the molecule is Cc1ccc(NC(=O)NCCCN(C)C[C@H]2O[C@@H](n3cnc4c(N)ccnc43)[C@H](O)[C@@H]2O)cc1. The highest BCUT2D eigenvalue weighted by Gasteiger charge is 2.44. The van der Waals surface area contributed by atoms with E-state index >= 15 is 0 Å². The second-order valence-electron chi connectivity index (χ2n) is 8.63. The number of carbonyl (C=O) groups excluding carboxylic acids is 1. The Morgan fingerprint density at radius 3 is 2.74 bits per heavy atom. The molecule has 4 rings (SSSR count). The van der Waals surface area contributed by atoms with Gasteiger partial charge >= 0.3 is 6.03 Å². The number of imidazole rings is 1. The number of hydrogen-bond donors (Lipinski definition) is 5. The fraction of sp³-hybridized carbons (Fsp3) is 0.435. The first-order chi connectivity index (χ1) is 16.3. The summed E-state index contributed by atoms with van der Waals surface area (Å²) in [5, 5.41) is 26.8. The van der Waals surface area contributed by atoms with Crippen molar-refractivity contribution < 1.29 is 19.7 Å². The van der Waals surface area contributed by atoms with Crippen LogP contribution in [0.25, 0.3) is 11.2 Å². The number of fused-ring (bicyclic) bond motifs is 1. The lowest BCUT2D eigenvalue weighted by Gasteiger charge is -2.22. The Hall–Kier alpha value is -3.25. The number of amides is 2. The number of carbonyl (C=O) groups is 1. The first kappa shape index (κ1) is 23.9. The largest absolute Gasteiger partial charge is 0.397 e. The van der Waals surface area contributed by atoms with Crippen LogP contribution in [0, 0.1) is 6.92 Å². The number of urea groups is 1. The molecule has 3 heterocycles. The number of nitrogens with two attached hydrogens (primary N) is 1. The van der Waals surface area contributed by atoms with Gasteiger partial charge in [0, 0.05) is 25.0 Å². The van der Waals surface area contributed by atoms with E-state index in [-0.39, 0.29) is 6.03 Å². The number of aromatic nitrogens is 3. The molecule has 0 spiro atoms. The van der Waals surface area contributed by atoms with E-state index in [4.69, 9.17) is 10.5 Å². The van der Waals surface area contributed by atoms with Gasteiger partial charge in [-0.1, -0.05) is 17.7 Å². The number of aryl methyl sites for hydroxylation is 1. The molecule has 3 aromatic rings. The van der Waals surface area contributed by atoms with Gasteiger partial charge in [-0.2, -0.15) is 0 Å². The molecule has 0 aliphatic carbocycles. The van der Waals surface area contributed by atoms with Crippen LogP contribution in [-0.4, -0.2) is 80.7 Å². The second kappa shape index (κ2) is 10.3. The third kappa shape index (κ3) is 5.28. The van der Waals surface area contributed by atoms with Crippen LogP contribution in [0.15, 0.2) is 42.9 Å². The number of rotatable bonds is 8. The molecular formula is C23H31N7O4. The Labute approximate surface area is 197 Å². The highest BCUT2D eigenvalue weighted by atomic mass is 16.6. The van der Waals surface area contributed by atoms with Crippen LogP contribution >= 0.6 is 0 Å². The molecule has 1 saturated heterocycles. The lowest BCUT2D eigenvalue weighted by molar-refractivity contribution is -0.0421. The summed E-state index contributed by atoms with van der Waals surface area (Å²) in [6.45, 7) is 3.57. The molecule has 2 amide bonds. The number of benzene rings is 1. The van der Waals surface area contributed by atoms with Crippen LogP contribution in [-0.2, 0) is 4.74 Å². The van der Waals surface area contributed by atoms with Gasteiger partial charge in [0.25, 0.3) is 0 Å². The standard InChI is InChI=1S/C23H31N7O4/c1-14-4-6-15(7-5-14)28-23(33)26-9-3-11-29(2)12-17-19(31)20(32)22(34-17)30-13-27-18-16(24)8-10-25-21(18)30/h4-8,10,13,17,19-20,22,31-32H,3,9,11-12H2,1-2H3,(H2,24,25)(H2,26,28,33)/t17-,19-,20-,22-/m1/s1. The lowest BCUT2D eigenvalue weighted by Crippen LogP contribution is -2.39. The van der Waals surface area contributed by atoms with Crippen molar-refractivity contribution in [1.82, 2.24) is 24.8 Å². The van der Waals surface area contributed by atoms with Gasteiger partial charge in [0.2, 0.25) is 0 Å². The van der Waals surface area contributed by atoms with Crippen molar-refractivity contribution in [1.29, 1.82) is 0 Å². The quantitative estimate of drug-likeness (QED) is 0.308. The van der Waals surface area contributed by atoms with Crippen molar-refractivity contribution in [3.05, 3.63) is 48.4 Å². The average Bonchev–Trinajstić information content (AvgIpc) is 3.36. The fourth-order valence-electron chi connectivity index (χ4n) is 4.01. The van der Waals surface area contributed by atoms with Gasteiger partial charge in [0.1, 0.15) is 23.8 Å². The average molecular weight is 470 g/mol. The second-order valence-corrected chi connectivity index (χ2v) is 8.63. The van der Waals surface area contributed by atoms with Gasteiger partial charge in [-0.25, -0.2) is 14.8 Å². The molecular weight excluding hydrogens is 438 g/mol. The molecule has 11 heteroatoms. The van der Waals surface area contributed by atoms with E-state index in [1.165, 1.54) is 6.33 Å². The minimum absolute atomic E-state index is 0.256. The fourth-order valence-corrected chi connectivity index (χ4v) is 4.01. The number of aliphatic hydroxyl groups is 2. The summed E-state index contributed by atoms with van der Waals surface area (Å²) >= 11 is 0. The summed E-state index contributed by atoms with van der Waals surface area (Å²) < 4.78 is 7.58. The summed E-state index contributed by atoms with van der Waals surface area (Å²) in [6, 6.07) is 8.98. The first-order valence-corrected chi connectivity index (χ1v) is 11.2. The van der Waals surface area contributed by atoms with Crippen molar-refractivity contribution in [3.63, 3.8) is 0 Å². The minimum atomic E-state index is -1.13. The molecule has 0 saturated carbocycles. The smallest absolute Gasteiger partial charge is 0.319 e. The lowest BCUT2D eigenvalue weighted by atomic mass is 10.1. The zero-order valence-corrected chi connectivity index (χ0v) is 19.3. The predicted molar refractivity (Wildman–Crippen MR) is 128 cm³/mol. The molecule has 182 valence electrons. The molecule has 2 aromatic heterocycles. The third-order valence-electron chi connectivity index (χ3n) is 5.91. The molecule has 0 unspecified atom stereocenters. The van der Waals surface area contributed by atoms with Crippen LogP contribution in [0.4, 0.5) is 16.2 Å². The number of pyridine rings is 1. The molecule has 34 heavy (non-hydrogen) atoms. The van der Waals surface area contributed by atoms with Gasteiger partial charge in [-0.3, -0.25) is 4.57 Å². The monoisotopic (exact) mass is 469 g/mol. The topological polar surface area (TPSA) is 151 Å². The van der Waals surface area contributed by atoms with E-state index in [1.807, 2.05) is 43.1 Å². The number of nitrogens with one attached hydrogen (secondary N) is 2. The van der Waals surface area contributed by atoms with E-state index in [2.05, 4.69) is 20.6 Å². The number of likely N-dealkylation sites (N-methyl/N-ethyl adjacent to an activating group) is 1. The molecule has 1 aliphatic heterocycles. The zero-order valence-electron chi connectivity index (χ0n) is 19.3. The normalized spacial score (nSPS) is 22.4. The molecule has 6 N–H and O–H groups in total. The van der Waals surface area contributed by atoms with Crippen LogP contribution in [0.1, 0.15) is 18.2 Å². The van der Waals surface area contributed by atoms with E-state index in [0.717, 1.165) is 11.3 Å². The zero-order chi connectivity index (χ0) is 24.2. The summed E-state index contributed by atoms with van der Waals surface area (Å²) in [5.41, 5.74) is 9.29. The summed E-state index contributed by atoms with van der Waals surface area (Å²) in [6.07, 6.45) is 0.168. The first-order valence-electron chi connectivity index (χ1n) is 11.2. The summed E-state index contributed by atoms with van der Waals surface area (Å²) in [5.74, 6) is 0. The third-order valence-corrected chi connectivity index (χ3v) is 5.91. The van der Waals surface area contributed by atoms with Crippen LogP contribution in [0.3, 0.4) is 0 Å². The molecule has 0 radical (unpaired) electrons. The number of anilines is 2. The highest BCUT2D eigenvalue weighted by molar-refractivity contribution is 5.89. The summed E-state index contributed by atoms with van der Waals surface area (Å²) in [7, 11) is 1.90. The maximum atomic E-state index is 12.0. The number of nitrogens with zero attached hydrogens (tertiary/aromatic N) is 4. The molecule has 1 fully saturated rings. The Balaban J connectivity index is 1.24. The Bertz CT molecular complexity index is 1120. The van der Waals surface area contributed by atoms with Crippen LogP contribution < -0.4 is 16.4 Å². The van der Waals surface area contributed by atoms with Crippen LogP contribution in [0.5, 0.6) is 0 Å². The Kier molecular flexibility index (Phi) is 7.27. The number of ether oxygens (including phenoxy) is 1. The highest BCUT2D eigenvalue weighted by Crippen LogP contribution is 2.32. The predicted octanol–water partition coefficient (Wildman–Crippen LogP) is 1.08. The van der Waals surface area contributed by atoms with Crippen molar-refractivity contribution in [3.8, 4) is 0 Å². The van der Waals surface area contributed by atoms with Gasteiger partial charge in [-0.05, 0) is 45.1 Å². The van der Waals surface area contributed by atoms with E-state index < -0.39 is 24.5 Å². The Morgan fingerprint density at radius 1 is 1.21 bits per heavy atom. The molecule has 0 bridgehead atoms. The molecule has 1 aromatic carbocycles. The molecule has 4 atom stereocenters. The minimum Gasteiger partial charge on any atom is -0.397 e. The number of hydrogen-bond acceptors (Lipinski definition) is 8. The maximum absolute atomic E-state index is 12.0. The van der Waals surface area contributed by atoms with Gasteiger partial charge < -0.3 is 36.2 Å². The van der Waals surface area contributed by atoms with E-state index in [0.29, 0.717) is 42.9 Å². The number of nitrogen functional groups attached to an aromatic ring is 1. The van der Waals surface area contributed by atoms with Crippen molar-refractivity contribution >= 4 is 28.6 Å². The van der Waals surface area contributed by atoms with Crippen molar-refractivity contribution in [2.75, 3.05) is 37.7 Å². The molecule has 11 nitrogen and oxygen atoms in total. The summed E-state index contributed by atoms with van der Waals surface area (Å²) in [4.78, 5) is 22.6. The van der Waals surface area contributed by atoms with Gasteiger partial charge in [-0.15, -0.1) is 0 Å². The Morgan fingerprint density at radius 2 is 1.97 bits per heavy atom. The van der Waals surface area contributed by atoms with Crippen molar-refractivity contribution in [2.45, 2.75) is 37.9 Å². The van der Waals surface area contributed by atoms with E-state index in [9.17, 15) is 15.0 Å². The maximum Gasteiger partial charge on any atom is 0.319 e. The van der Waals surface area contributed by atoms with E-state index in [1.54, 1.807) is 16.8 Å². The number of aliphatic hydroxyl groups excluding tert-OH is 2. The van der Waals surface area contributed by atoms with Crippen LogP contribution in [0.2, 0.25) is 0 Å². The molecule has 1 aliphatic rings. The van der Waals surface area contributed by atoms with Gasteiger partial charge in [0.05, 0.1) is 12.0 Å².